The van der Waals surface area contributed by atoms with Gasteiger partial charge in [0.25, 0.3) is 5.91 Å². The number of hydrogen-bond acceptors (Lipinski definition) is 2. The van der Waals surface area contributed by atoms with Crippen LogP contribution < -0.4 is 16.4 Å². The van der Waals surface area contributed by atoms with E-state index in [0.29, 0.717) is 12.1 Å². The summed E-state index contributed by atoms with van der Waals surface area (Å²) in [5, 5.41) is 5.94. The number of nitrogens with two attached hydrogens (primary N) is 1. The fourth-order valence-corrected chi connectivity index (χ4v) is 1.89. The Hall–Kier alpha value is -2.40. The number of nitrogens with one attached hydrogen (secondary N) is 2. The Balaban J connectivity index is 1.97. The highest BCUT2D eigenvalue weighted by Crippen LogP contribution is 2.10. The monoisotopic (exact) mass is 285 g/mol. The molecule has 0 radical (unpaired) electrons. The van der Waals surface area contributed by atoms with Gasteiger partial charge in [0.15, 0.2) is 5.11 Å². The summed E-state index contributed by atoms with van der Waals surface area (Å²) in [4.78, 5) is 11.9. The maximum Gasteiger partial charge on any atom is 0.251 e. The van der Waals surface area contributed by atoms with Crippen molar-refractivity contribution in [3.63, 3.8) is 0 Å². The molecule has 4 N–H and O–H groups in total. The average molecular weight is 285 g/mol. The maximum absolute atomic E-state index is 11.9. The zero-order chi connectivity index (χ0) is 14.4. The second-order valence-electron chi connectivity index (χ2n) is 4.24. The third-order valence-corrected chi connectivity index (χ3v) is 2.79. The second-order valence-corrected chi connectivity index (χ2v) is 4.68. The van der Waals surface area contributed by atoms with E-state index in [2.05, 4.69) is 10.6 Å². The minimum atomic E-state index is -0.0988. The van der Waals surface area contributed by atoms with Crippen LogP contribution in [0.3, 0.4) is 0 Å². The molecule has 0 atom stereocenters. The first-order valence-corrected chi connectivity index (χ1v) is 6.54. The molecule has 0 saturated heterocycles. The molecule has 1 amide bonds. The Morgan fingerprint density at radius 3 is 2.55 bits per heavy atom. The predicted octanol–water partition coefficient (Wildman–Crippen LogP) is 2.27. The topological polar surface area (TPSA) is 67.2 Å². The van der Waals surface area contributed by atoms with Gasteiger partial charge >= 0.3 is 0 Å². The fraction of sp³-hybridized carbons (Fsp3) is 0.0667. The summed E-state index contributed by atoms with van der Waals surface area (Å²) in [5.41, 5.74) is 7.84. The Bertz CT molecular complexity index is 614. The zero-order valence-corrected chi connectivity index (χ0v) is 11.6. The van der Waals surface area contributed by atoms with E-state index >= 15 is 0 Å². The summed E-state index contributed by atoms with van der Waals surface area (Å²) in [5.74, 6) is -0.0988. The molecule has 4 nitrogen and oxygen atoms in total. The lowest BCUT2D eigenvalue weighted by molar-refractivity contribution is 0.0951. The van der Waals surface area contributed by atoms with Gasteiger partial charge in [-0.15, -0.1) is 0 Å². The number of carbonyl (C=O) groups excluding carboxylic acids is 1. The molecule has 2 aromatic carbocycles. The summed E-state index contributed by atoms with van der Waals surface area (Å²) in [6, 6.07) is 16.7. The van der Waals surface area contributed by atoms with Crippen molar-refractivity contribution in [2.24, 2.45) is 5.73 Å². The zero-order valence-electron chi connectivity index (χ0n) is 10.8. The van der Waals surface area contributed by atoms with Gasteiger partial charge in [0.05, 0.1) is 0 Å². The van der Waals surface area contributed by atoms with Gasteiger partial charge in [-0.05, 0) is 42.0 Å². The van der Waals surface area contributed by atoms with E-state index in [1.807, 2.05) is 42.5 Å². The first-order valence-electron chi connectivity index (χ1n) is 6.14. The highest BCUT2D eigenvalue weighted by atomic mass is 32.1. The first-order chi connectivity index (χ1) is 9.65. The third kappa shape index (κ3) is 4.07. The van der Waals surface area contributed by atoms with Gasteiger partial charge < -0.3 is 16.4 Å². The Labute approximate surface area is 123 Å². The van der Waals surface area contributed by atoms with Crippen LogP contribution in [-0.4, -0.2) is 11.0 Å². The van der Waals surface area contributed by atoms with E-state index in [9.17, 15) is 4.79 Å². The molecule has 5 heteroatoms. The van der Waals surface area contributed by atoms with Crippen molar-refractivity contribution in [1.29, 1.82) is 0 Å². The second kappa shape index (κ2) is 6.68. The van der Waals surface area contributed by atoms with E-state index in [-0.39, 0.29) is 11.0 Å². The molecule has 2 aromatic rings. The number of hydrogen-bond donors (Lipinski definition) is 3. The number of amides is 1. The summed E-state index contributed by atoms with van der Waals surface area (Å²) in [6.45, 7) is 0.445. The van der Waals surface area contributed by atoms with Gasteiger partial charge in [0.2, 0.25) is 0 Å². The average Bonchev–Trinajstić information content (AvgIpc) is 2.45. The lowest BCUT2D eigenvalue weighted by Gasteiger charge is -2.08. The van der Waals surface area contributed by atoms with Gasteiger partial charge in [-0.3, -0.25) is 4.79 Å². The summed E-state index contributed by atoms with van der Waals surface area (Å²) in [7, 11) is 0. The molecule has 0 aromatic heterocycles. The standard InChI is InChI=1S/C15H15N3OS/c16-15(20)18-13-8-4-5-11(9-13)10-17-14(19)12-6-2-1-3-7-12/h1-9H,10H2,(H,17,19)(H3,16,18,20). The van der Waals surface area contributed by atoms with Crippen molar-refractivity contribution in [3.8, 4) is 0 Å². The Kier molecular flexibility index (Phi) is 4.68. The normalized spacial score (nSPS) is 9.80. The van der Waals surface area contributed by atoms with Gasteiger partial charge in [0.1, 0.15) is 0 Å². The maximum atomic E-state index is 11.9. The van der Waals surface area contributed by atoms with E-state index in [4.69, 9.17) is 18.0 Å². The quantitative estimate of drug-likeness (QED) is 0.754. The summed E-state index contributed by atoms with van der Waals surface area (Å²) >= 11 is 4.79. The Morgan fingerprint density at radius 1 is 1.10 bits per heavy atom. The minimum absolute atomic E-state index is 0.0988. The number of benzene rings is 2. The molecule has 0 bridgehead atoms. The van der Waals surface area contributed by atoms with Crippen LogP contribution in [0.5, 0.6) is 0 Å². The van der Waals surface area contributed by atoms with Crippen LogP contribution in [0.15, 0.2) is 54.6 Å². The van der Waals surface area contributed by atoms with Crippen LogP contribution >= 0.6 is 12.2 Å². The molecule has 0 aliphatic rings. The van der Waals surface area contributed by atoms with Crippen molar-refractivity contribution in [2.75, 3.05) is 5.32 Å². The van der Waals surface area contributed by atoms with Crippen LogP contribution in [0, 0.1) is 0 Å². The van der Waals surface area contributed by atoms with Gasteiger partial charge in [-0.2, -0.15) is 0 Å². The molecule has 0 fully saturated rings. The largest absolute Gasteiger partial charge is 0.376 e. The Morgan fingerprint density at radius 2 is 1.85 bits per heavy atom. The summed E-state index contributed by atoms with van der Waals surface area (Å²) < 4.78 is 0. The van der Waals surface area contributed by atoms with Crippen LogP contribution in [0.2, 0.25) is 0 Å². The number of anilines is 1. The van der Waals surface area contributed by atoms with Crippen LogP contribution in [0.1, 0.15) is 15.9 Å². The number of rotatable bonds is 4. The lowest BCUT2D eigenvalue weighted by atomic mass is 10.2. The van der Waals surface area contributed by atoms with Crippen LogP contribution in [-0.2, 0) is 6.54 Å². The van der Waals surface area contributed by atoms with Crippen molar-refractivity contribution >= 4 is 28.9 Å². The molecule has 102 valence electrons. The third-order valence-electron chi connectivity index (χ3n) is 2.68. The predicted molar refractivity (Wildman–Crippen MR) is 84.5 cm³/mol. The van der Waals surface area contributed by atoms with Crippen LogP contribution in [0.25, 0.3) is 0 Å². The molecule has 2 rings (SSSR count). The molecular weight excluding hydrogens is 270 g/mol. The van der Waals surface area contributed by atoms with Crippen LogP contribution in [0.4, 0.5) is 5.69 Å². The van der Waals surface area contributed by atoms with Gasteiger partial charge in [-0.1, -0.05) is 30.3 Å². The number of carbonyl (C=O) groups is 1. The summed E-state index contributed by atoms with van der Waals surface area (Å²) in [6.07, 6.45) is 0. The molecule has 0 heterocycles. The smallest absolute Gasteiger partial charge is 0.251 e. The van der Waals surface area contributed by atoms with E-state index in [1.54, 1.807) is 12.1 Å². The molecule has 0 unspecified atom stereocenters. The van der Waals surface area contributed by atoms with E-state index in [1.165, 1.54) is 0 Å². The van der Waals surface area contributed by atoms with Crippen molar-refractivity contribution in [2.45, 2.75) is 6.54 Å². The molecule has 0 aliphatic carbocycles. The highest BCUT2D eigenvalue weighted by molar-refractivity contribution is 7.80. The molecule has 0 saturated carbocycles. The minimum Gasteiger partial charge on any atom is -0.376 e. The molecule has 0 aliphatic heterocycles. The first kappa shape index (κ1) is 14.0. The molecular formula is C15H15N3OS. The fourth-order valence-electron chi connectivity index (χ4n) is 1.78. The SMILES string of the molecule is NC(=S)Nc1cccc(CNC(=O)c2ccccc2)c1. The highest BCUT2D eigenvalue weighted by Gasteiger charge is 2.04. The van der Waals surface area contributed by atoms with Gasteiger partial charge in [0, 0.05) is 17.8 Å². The molecule has 0 spiro atoms. The van der Waals surface area contributed by atoms with Crippen molar-refractivity contribution in [1.82, 2.24) is 5.32 Å². The number of thiocarbonyl (C=S) groups is 1. The lowest BCUT2D eigenvalue weighted by Crippen LogP contribution is -2.23. The van der Waals surface area contributed by atoms with Gasteiger partial charge in [-0.25, -0.2) is 0 Å². The molecule has 20 heavy (non-hydrogen) atoms. The van der Waals surface area contributed by atoms with E-state index < -0.39 is 0 Å². The van der Waals surface area contributed by atoms with Crippen molar-refractivity contribution in [3.05, 3.63) is 65.7 Å². The van der Waals surface area contributed by atoms with E-state index in [0.717, 1.165) is 11.3 Å². The van der Waals surface area contributed by atoms with Crippen molar-refractivity contribution < 1.29 is 4.79 Å².